The minimum Gasteiger partial charge on any atom is -0.480 e. The van der Waals surface area contributed by atoms with Crippen molar-refractivity contribution in [3.8, 4) is 6.07 Å². The lowest BCUT2D eigenvalue weighted by molar-refractivity contribution is -0.139. The lowest BCUT2D eigenvalue weighted by atomic mass is 10.2. The first kappa shape index (κ1) is 13.8. The summed E-state index contributed by atoms with van der Waals surface area (Å²) in [5.74, 6) is -1.93. The molecule has 1 atom stereocenters. The Morgan fingerprint density at radius 3 is 2.65 bits per heavy atom. The van der Waals surface area contributed by atoms with E-state index >= 15 is 0 Å². The molecule has 0 radical (unpaired) electrons. The van der Waals surface area contributed by atoms with Gasteiger partial charge in [-0.3, -0.25) is 0 Å². The van der Waals surface area contributed by atoms with Crippen LogP contribution < -0.4 is 10.6 Å². The summed E-state index contributed by atoms with van der Waals surface area (Å²) in [6.45, 7) is 0. The van der Waals surface area contributed by atoms with Gasteiger partial charge in [0.05, 0.1) is 17.3 Å². The number of aliphatic carboxylic acids is 1. The summed E-state index contributed by atoms with van der Waals surface area (Å²) < 4.78 is 13.6. The fourth-order valence-electron chi connectivity index (χ4n) is 1.80. The maximum Gasteiger partial charge on any atom is 0.326 e. The fraction of sp³-hybridized carbons (Fsp3) is 0.308. The summed E-state index contributed by atoms with van der Waals surface area (Å²) >= 11 is 0. The van der Waals surface area contributed by atoms with E-state index in [1.807, 2.05) is 0 Å². The first-order valence-electron chi connectivity index (χ1n) is 6.01. The van der Waals surface area contributed by atoms with Crippen LogP contribution in [0, 0.1) is 23.1 Å². The molecule has 3 N–H and O–H groups in total. The van der Waals surface area contributed by atoms with E-state index < -0.39 is 23.9 Å². The van der Waals surface area contributed by atoms with Gasteiger partial charge in [-0.05, 0) is 37.0 Å². The number of carbonyl (C=O) groups excluding carboxylic acids is 1. The molecule has 1 aromatic rings. The van der Waals surface area contributed by atoms with Crippen molar-refractivity contribution in [1.29, 1.82) is 5.26 Å². The normalized spacial score (nSPS) is 15.0. The monoisotopic (exact) mass is 277 g/mol. The highest BCUT2D eigenvalue weighted by Gasteiger charge is 2.37. The van der Waals surface area contributed by atoms with Gasteiger partial charge in [0, 0.05) is 0 Å². The Hall–Kier alpha value is -2.62. The van der Waals surface area contributed by atoms with Gasteiger partial charge in [0.2, 0.25) is 0 Å². The van der Waals surface area contributed by atoms with E-state index in [2.05, 4.69) is 10.6 Å². The van der Waals surface area contributed by atoms with Gasteiger partial charge in [0.25, 0.3) is 0 Å². The number of urea groups is 1. The summed E-state index contributed by atoms with van der Waals surface area (Å²) in [5, 5.41) is 22.1. The summed E-state index contributed by atoms with van der Waals surface area (Å²) in [7, 11) is 0. The van der Waals surface area contributed by atoms with Crippen LogP contribution in [-0.2, 0) is 4.79 Å². The molecule has 20 heavy (non-hydrogen) atoms. The van der Waals surface area contributed by atoms with Crippen molar-refractivity contribution in [3.05, 3.63) is 29.6 Å². The minimum atomic E-state index is -1.11. The molecule has 0 spiro atoms. The van der Waals surface area contributed by atoms with Gasteiger partial charge in [0.1, 0.15) is 11.9 Å². The number of nitrogens with zero attached hydrogens (tertiary/aromatic N) is 1. The van der Waals surface area contributed by atoms with Crippen LogP contribution in [0.2, 0.25) is 0 Å². The molecular weight excluding hydrogens is 265 g/mol. The lowest BCUT2D eigenvalue weighted by Crippen LogP contribution is -2.44. The molecule has 0 aromatic heterocycles. The van der Waals surface area contributed by atoms with Crippen molar-refractivity contribution in [2.24, 2.45) is 5.92 Å². The third kappa shape index (κ3) is 3.23. The van der Waals surface area contributed by atoms with Gasteiger partial charge in [0.15, 0.2) is 0 Å². The second kappa shape index (κ2) is 5.57. The topological polar surface area (TPSA) is 102 Å². The first-order valence-corrected chi connectivity index (χ1v) is 6.01. The molecule has 1 aliphatic rings. The van der Waals surface area contributed by atoms with E-state index in [0.717, 1.165) is 18.9 Å². The Kier molecular flexibility index (Phi) is 3.84. The number of nitriles is 1. The van der Waals surface area contributed by atoms with E-state index in [4.69, 9.17) is 10.4 Å². The average molecular weight is 277 g/mol. The Labute approximate surface area is 114 Å². The molecule has 0 aliphatic heterocycles. The van der Waals surface area contributed by atoms with Crippen LogP contribution in [0.25, 0.3) is 0 Å². The number of carbonyl (C=O) groups is 2. The second-order valence-corrected chi connectivity index (χ2v) is 4.56. The predicted molar refractivity (Wildman–Crippen MR) is 67.4 cm³/mol. The molecule has 2 rings (SSSR count). The molecule has 0 saturated heterocycles. The van der Waals surface area contributed by atoms with E-state index in [0.29, 0.717) is 0 Å². The van der Waals surface area contributed by atoms with Crippen molar-refractivity contribution in [3.63, 3.8) is 0 Å². The molecule has 1 saturated carbocycles. The average Bonchev–Trinajstić information content (AvgIpc) is 3.22. The Bertz CT molecular complexity index is 593. The standard InChI is InChI=1S/C13H12FN3O3/c14-9-5-7(6-15)1-4-10(9)16-13(20)17-11(12(18)19)8-2-3-8/h1,4-5,8,11H,2-3H2,(H,18,19)(H2,16,17,20). The highest BCUT2D eigenvalue weighted by atomic mass is 19.1. The zero-order valence-electron chi connectivity index (χ0n) is 10.4. The number of halogens is 1. The molecule has 6 nitrogen and oxygen atoms in total. The van der Waals surface area contributed by atoms with Crippen molar-refractivity contribution >= 4 is 17.7 Å². The number of hydrogen-bond acceptors (Lipinski definition) is 3. The van der Waals surface area contributed by atoms with Crippen molar-refractivity contribution < 1.29 is 19.1 Å². The number of rotatable bonds is 4. The third-order valence-electron chi connectivity index (χ3n) is 2.99. The minimum absolute atomic E-state index is 0.0657. The summed E-state index contributed by atoms with van der Waals surface area (Å²) in [5.41, 5.74) is 0.0243. The Morgan fingerprint density at radius 2 is 2.15 bits per heavy atom. The molecule has 1 fully saturated rings. The van der Waals surface area contributed by atoms with Gasteiger partial charge < -0.3 is 15.7 Å². The van der Waals surface area contributed by atoms with Gasteiger partial charge in [-0.2, -0.15) is 5.26 Å². The highest BCUT2D eigenvalue weighted by Crippen LogP contribution is 2.32. The molecule has 0 bridgehead atoms. The molecule has 0 heterocycles. The number of nitrogens with one attached hydrogen (secondary N) is 2. The van der Waals surface area contributed by atoms with Gasteiger partial charge >= 0.3 is 12.0 Å². The molecule has 2 amide bonds. The highest BCUT2D eigenvalue weighted by molar-refractivity contribution is 5.92. The van der Waals surface area contributed by atoms with Crippen LogP contribution in [0.3, 0.4) is 0 Å². The van der Waals surface area contributed by atoms with Crippen molar-refractivity contribution in [2.75, 3.05) is 5.32 Å². The van der Waals surface area contributed by atoms with Crippen LogP contribution >= 0.6 is 0 Å². The molecule has 104 valence electrons. The quantitative estimate of drug-likeness (QED) is 0.779. The number of amides is 2. The summed E-state index contributed by atoms with van der Waals surface area (Å²) in [6.07, 6.45) is 1.50. The largest absolute Gasteiger partial charge is 0.480 e. The summed E-state index contributed by atoms with van der Waals surface area (Å²) in [4.78, 5) is 22.6. The molecule has 1 aliphatic carbocycles. The predicted octanol–water partition coefficient (Wildman–Crippen LogP) is 1.68. The molecule has 7 heteroatoms. The molecule has 1 unspecified atom stereocenters. The first-order chi connectivity index (χ1) is 9.51. The van der Waals surface area contributed by atoms with E-state index in [-0.39, 0.29) is 17.2 Å². The second-order valence-electron chi connectivity index (χ2n) is 4.56. The number of hydrogen-bond donors (Lipinski definition) is 3. The number of anilines is 1. The molecule has 1 aromatic carbocycles. The van der Waals surface area contributed by atoms with Crippen molar-refractivity contribution in [1.82, 2.24) is 5.32 Å². The van der Waals surface area contributed by atoms with Crippen molar-refractivity contribution in [2.45, 2.75) is 18.9 Å². The van der Waals surface area contributed by atoms with E-state index in [1.165, 1.54) is 12.1 Å². The SMILES string of the molecule is N#Cc1ccc(NC(=O)NC(C(=O)O)C2CC2)c(F)c1. The number of carboxylic acids is 1. The fourth-order valence-corrected chi connectivity index (χ4v) is 1.80. The van der Waals surface area contributed by atoms with Gasteiger partial charge in [-0.15, -0.1) is 0 Å². The van der Waals surface area contributed by atoms with Gasteiger partial charge in [-0.25, -0.2) is 14.0 Å². The van der Waals surface area contributed by atoms with E-state index in [9.17, 15) is 14.0 Å². The van der Waals surface area contributed by atoms with Crippen LogP contribution in [0.1, 0.15) is 18.4 Å². The van der Waals surface area contributed by atoms with E-state index in [1.54, 1.807) is 6.07 Å². The number of benzene rings is 1. The zero-order chi connectivity index (χ0) is 14.7. The van der Waals surface area contributed by atoms with Crippen LogP contribution in [0.4, 0.5) is 14.9 Å². The number of carboxylic acid groups (broad SMARTS) is 1. The lowest BCUT2D eigenvalue weighted by Gasteiger charge is -2.14. The third-order valence-corrected chi connectivity index (χ3v) is 2.99. The molecular formula is C13H12FN3O3. The summed E-state index contributed by atoms with van der Waals surface area (Å²) in [6, 6.07) is 3.62. The van der Waals surface area contributed by atoms with Gasteiger partial charge in [-0.1, -0.05) is 0 Å². The van der Waals surface area contributed by atoms with Crippen LogP contribution in [-0.4, -0.2) is 23.1 Å². The van der Waals surface area contributed by atoms with Crippen LogP contribution in [0.15, 0.2) is 18.2 Å². The smallest absolute Gasteiger partial charge is 0.326 e. The maximum atomic E-state index is 13.6. The maximum absolute atomic E-state index is 13.6. The Morgan fingerprint density at radius 1 is 1.45 bits per heavy atom. The zero-order valence-corrected chi connectivity index (χ0v) is 10.4. The van der Waals surface area contributed by atoms with Crippen LogP contribution in [0.5, 0.6) is 0 Å². The Balaban J connectivity index is 2.01.